The number of piperidine rings is 1. The molecule has 3 unspecified atom stereocenters. The van der Waals surface area contributed by atoms with Crippen molar-refractivity contribution in [2.75, 3.05) is 26.9 Å². The van der Waals surface area contributed by atoms with Crippen molar-refractivity contribution in [2.45, 2.75) is 37.8 Å². The van der Waals surface area contributed by atoms with Crippen LogP contribution in [0.1, 0.15) is 36.8 Å². The average Bonchev–Trinajstić information content (AvgIpc) is 3.16. The van der Waals surface area contributed by atoms with E-state index in [0.29, 0.717) is 19.4 Å². The minimum atomic E-state index is -0.962. The van der Waals surface area contributed by atoms with E-state index in [9.17, 15) is 19.5 Å². The van der Waals surface area contributed by atoms with Gasteiger partial charge in [0.25, 0.3) is 0 Å². The highest BCUT2D eigenvalue weighted by Gasteiger charge is 2.38. The van der Waals surface area contributed by atoms with Crippen LogP contribution in [0.25, 0.3) is 11.1 Å². The first-order chi connectivity index (χ1) is 16.4. The molecular weight excluding hydrogens is 436 g/mol. The van der Waals surface area contributed by atoms with Crippen LogP contribution in [-0.4, -0.2) is 66.9 Å². The number of nitrogens with one attached hydrogen (secondary N) is 1. The van der Waals surface area contributed by atoms with Gasteiger partial charge in [-0.3, -0.25) is 9.59 Å². The molecule has 1 saturated heterocycles. The Hall–Kier alpha value is -3.39. The fraction of sp³-hybridized carbons (Fsp3) is 0.423. The maximum atomic E-state index is 13.2. The second-order valence-electron chi connectivity index (χ2n) is 8.84. The van der Waals surface area contributed by atoms with E-state index in [-0.39, 0.29) is 25.0 Å². The highest BCUT2D eigenvalue weighted by Crippen LogP contribution is 2.44. The molecule has 1 aliphatic heterocycles. The summed E-state index contributed by atoms with van der Waals surface area (Å²) in [5.41, 5.74) is 4.46. The van der Waals surface area contributed by atoms with E-state index in [2.05, 4.69) is 17.4 Å². The number of likely N-dealkylation sites (tertiary alicyclic amines) is 1. The molecule has 2 aliphatic rings. The monoisotopic (exact) mass is 466 g/mol. The molecule has 0 saturated carbocycles. The highest BCUT2D eigenvalue weighted by atomic mass is 16.5. The van der Waals surface area contributed by atoms with Crippen molar-refractivity contribution in [1.29, 1.82) is 0 Å². The lowest BCUT2D eigenvalue weighted by Gasteiger charge is -2.39. The van der Waals surface area contributed by atoms with Crippen LogP contribution in [0, 0.1) is 5.92 Å². The van der Waals surface area contributed by atoms with Gasteiger partial charge < -0.3 is 24.8 Å². The average molecular weight is 467 g/mol. The minimum Gasteiger partial charge on any atom is -0.481 e. The number of benzene rings is 2. The molecular formula is C26H30N2O6. The SMILES string of the molecule is COCC(NC(=O)OCC1c2ccccc2-c2ccccc21)C(=O)N1CCCC(C(=O)O)C1C. The van der Waals surface area contributed by atoms with E-state index in [4.69, 9.17) is 9.47 Å². The van der Waals surface area contributed by atoms with Gasteiger partial charge in [-0.25, -0.2) is 4.79 Å². The van der Waals surface area contributed by atoms with Crippen molar-refractivity contribution in [3.8, 4) is 11.1 Å². The van der Waals surface area contributed by atoms with Gasteiger partial charge in [0.2, 0.25) is 5.91 Å². The third-order valence-corrected chi connectivity index (χ3v) is 6.86. The molecule has 0 spiro atoms. The lowest BCUT2D eigenvalue weighted by atomic mass is 9.90. The molecule has 2 amide bonds. The predicted octanol–water partition coefficient (Wildman–Crippen LogP) is 3.25. The molecule has 0 aromatic heterocycles. The molecule has 3 atom stereocenters. The van der Waals surface area contributed by atoms with Gasteiger partial charge in [-0.2, -0.15) is 0 Å². The first-order valence-electron chi connectivity index (χ1n) is 11.6. The summed E-state index contributed by atoms with van der Waals surface area (Å²) < 4.78 is 10.7. The van der Waals surface area contributed by atoms with Crippen molar-refractivity contribution in [1.82, 2.24) is 10.2 Å². The van der Waals surface area contributed by atoms with Crippen molar-refractivity contribution >= 4 is 18.0 Å². The summed E-state index contributed by atoms with van der Waals surface area (Å²) in [6.45, 7) is 2.27. The largest absolute Gasteiger partial charge is 0.481 e. The summed E-state index contributed by atoms with van der Waals surface area (Å²) in [5, 5.41) is 12.1. The Morgan fingerprint density at radius 2 is 1.71 bits per heavy atom. The summed E-state index contributed by atoms with van der Waals surface area (Å²) in [6.07, 6.45) is 0.406. The molecule has 2 aromatic carbocycles. The minimum absolute atomic E-state index is 0.0377. The number of fused-ring (bicyclic) bond motifs is 3. The summed E-state index contributed by atoms with van der Waals surface area (Å²) in [7, 11) is 1.44. The van der Waals surface area contributed by atoms with E-state index < -0.39 is 30.1 Å². The summed E-state index contributed by atoms with van der Waals surface area (Å²) >= 11 is 0. The third-order valence-electron chi connectivity index (χ3n) is 6.86. The van der Waals surface area contributed by atoms with Gasteiger partial charge in [0.15, 0.2) is 0 Å². The summed E-state index contributed by atoms with van der Waals surface area (Å²) in [6, 6.07) is 14.7. The zero-order chi connectivity index (χ0) is 24.2. The molecule has 34 heavy (non-hydrogen) atoms. The van der Waals surface area contributed by atoms with Crippen LogP contribution >= 0.6 is 0 Å². The van der Waals surface area contributed by atoms with Crippen molar-refractivity contribution in [3.63, 3.8) is 0 Å². The number of carbonyl (C=O) groups is 3. The van der Waals surface area contributed by atoms with Crippen LogP contribution in [0.5, 0.6) is 0 Å². The second kappa shape index (κ2) is 10.3. The molecule has 1 heterocycles. The maximum Gasteiger partial charge on any atom is 0.407 e. The molecule has 0 bridgehead atoms. The van der Waals surface area contributed by atoms with Crippen LogP contribution in [0.15, 0.2) is 48.5 Å². The quantitative estimate of drug-likeness (QED) is 0.649. The molecule has 2 N–H and O–H groups in total. The molecule has 4 rings (SSSR count). The molecule has 180 valence electrons. The number of methoxy groups -OCH3 is 1. The number of ether oxygens (including phenoxy) is 2. The number of rotatable bonds is 7. The number of hydrogen-bond donors (Lipinski definition) is 2. The van der Waals surface area contributed by atoms with Crippen molar-refractivity contribution < 1.29 is 29.0 Å². The van der Waals surface area contributed by atoms with E-state index in [1.807, 2.05) is 36.4 Å². The van der Waals surface area contributed by atoms with Crippen molar-refractivity contribution in [2.24, 2.45) is 5.92 Å². The maximum absolute atomic E-state index is 13.2. The normalized spacial score (nSPS) is 20.2. The number of carbonyl (C=O) groups excluding carboxylic acids is 2. The Balaban J connectivity index is 1.42. The Kier molecular flexibility index (Phi) is 7.17. The number of hydrogen-bond acceptors (Lipinski definition) is 5. The van der Waals surface area contributed by atoms with E-state index in [1.165, 1.54) is 12.0 Å². The number of aliphatic carboxylic acids is 1. The van der Waals surface area contributed by atoms with E-state index in [0.717, 1.165) is 22.3 Å². The van der Waals surface area contributed by atoms with Crippen molar-refractivity contribution in [3.05, 3.63) is 59.7 Å². The lowest BCUT2D eigenvalue weighted by molar-refractivity contribution is -0.150. The molecule has 0 radical (unpaired) electrons. The number of carboxylic acid groups (broad SMARTS) is 1. The molecule has 2 aromatic rings. The van der Waals surface area contributed by atoms with Gasteiger partial charge >= 0.3 is 12.1 Å². The zero-order valence-electron chi connectivity index (χ0n) is 19.4. The highest BCUT2D eigenvalue weighted by molar-refractivity contribution is 5.87. The number of carboxylic acids is 1. The van der Waals surface area contributed by atoms with Crippen LogP contribution < -0.4 is 5.32 Å². The Bertz CT molecular complexity index is 1030. The Morgan fingerprint density at radius 3 is 2.29 bits per heavy atom. The first-order valence-corrected chi connectivity index (χ1v) is 11.6. The molecule has 1 fully saturated rings. The topological polar surface area (TPSA) is 105 Å². The van der Waals surface area contributed by atoms with Gasteiger partial charge in [0.05, 0.1) is 12.5 Å². The van der Waals surface area contributed by atoms with Crippen LogP contribution in [-0.2, 0) is 19.1 Å². The fourth-order valence-electron chi connectivity index (χ4n) is 5.11. The zero-order valence-corrected chi connectivity index (χ0v) is 19.4. The number of alkyl carbamates (subject to hydrolysis) is 1. The van der Waals surface area contributed by atoms with E-state index >= 15 is 0 Å². The van der Waals surface area contributed by atoms with E-state index in [1.54, 1.807) is 6.92 Å². The van der Waals surface area contributed by atoms with Gasteiger partial charge in [-0.1, -0.05) is 48.5 Å². The van der Waals surface area contributed by atoms with Gasteiger partial charge in [-0.15, -0.1) is 0 Å². The molecule has 8 nitrogen and oxygen atoms in total. The second-order valence-corrected chi connectivity index (χ2v) is 8.84. The Labute approximate surface area is 198 Å². The lowest BCUT2D eigenvalue weighted by Crippen LogP contribution is -2.57. The van der Waals surface area contributed by atoms with Gasteiger partial charge in [0, 0.05) is 25.6 Å². The van der Waals surface area contributed by atoms with Gasteiger partial charge in [0.1, 0.15) is 12.6 Å². The molecule has 8 heteroatoms. The number of nitrogens with zero attached hydrogens (tertiary/aromatic N) is 1. The molecule has 1 aliphatic carbocycles. The summed E-state index contributed by atoms with van der Waals surface area (Å²) in [5.74, 6) is -2.00. The fourth-order valence-corrected chi connectivity index (χ4v) is 5.11. The smallest absolute Gasteiger partial charge is 0.407 e. The van der Waals surface area contributed by atoms with Crippen LogP contribution in [0.4, 0.5) is 4.79 Å². The third kappa shape index (κ3) is 4.63. The van der Waals surface area contributed by atoms with Crippen LogP contribution in [0.3, 0.4) is 0 Å². The van der Waals surface area contributed by atoms with Gasteiger partial charge in [-0.05, 0) is 42.0 Å². The standard InChI is InChI=1S/C26H30N2O6/c1-16-17(25(30)31)12-7-13-28(16)24(29)23(15-33-2)27-26(32)34-14-22-20-10-5-3-8-18(20)19-9-4-6-11-21(19)22/h3-6,8-11,16-17,22-23H,7,12-15H2,1-2H3,(H,27,32)(H,30,31). The number of amides is 2. The predicted molar refractivity (Wildman–Crippen MR) is 125 cm³/mol. The van der Waals surface area contributed by atoms with Crippen LogP contribution in [0.2, 0.25) is 0 Å². The Morgan fingerprint density at radius 1 is 1.09 bits per heavy atom. The first kappa shape index (κ1) is 23.8. The summed E-state index contributed by atoms with van der Waals surface area (Å²) in [4.78, 5) is 38.9.